The predicted molar refractivity (Wildman–Crippen MR) is 143 cm³/mol. The summed E-state index contributed by atoms with van der Waals surface area (Å²) in [4.78, 5) is 31.0. The number of aromatic nitrogens is 2. The number of nitrogens with zero attached hydrogens (tertiary/aromatic N) is 6. The summed E-state index contributed by atoms with van der Waals surface area (Å²) in [6.07, 6.45) is -3.58. The van der Waals surface area contributed by atoms with E-state index in [0.717, 1.165) is 56.2 Å². The van der Waals surface area contributed by atoms with E-state index in [9.17, 15) is 27.5 Å². The molecule has 9 nitrogen and oxygen atoms in total. The monoisotopic (exact) mass is 580 g/mol. The summed E-state index contributed by atoms with van der Waals surface area (Å²) in [6, 6.07) is 3.28. The molecule has 1 aromatic heterocycles. The molecule has 41 heavy (non-hydrogen) atoms. The van der Waals surface area contributed by atoms with Gasteiger partial charge in [-0.25, -0.2) is 14.4 Å². The molecule has 3 atom stereocenters. The highest BCUT2D eigenvalue weighted by Crippen LogP contribution is 2.43. The third-order valence-corrected chi connectivity index (χ3v) is 8.40. The van der Waals surface area contributed by atoms with Gasteiger partial charge in [0, 0.05) is 64.5 Å². The van der Waals surface area contributed by atoms with Gasteiger partial charge in [-0.2, -0.15) is 0 Å². The quantitative estimate of drug-likeness (QED) is 0.501. The fraction of sp³-hybridized carbons (Fsp3) is 0.607. The normalized spacial score (nSPS) is 23.0. The minimum atomic E-state index is -5.02. The van der Waals surface area contributed by atoms with Crippen molar-refractivity contribution in [2.75, 3.05) is 70.3 Å². The van der Waals surface area contributed by atoms with Crippen LogP contribution in [0.15, 0.2) is 24.5 Å². The zero-order valence-corrected chi connectivity index (χ0v) is 23.3. The van der Waals surface area contributed by atoms with Crippen molar-refractivity contribution in [3.63, 3.8) is 0 Å². The molecule has 5 rings (SSSR count). The van der Waals surface area contributed by atoms with E-state index in [1.807, 2.05) is 6.92 Å². The van der Waals surface area contributed by atoms with Crippen molar-refractivity contribution in [2.45, 2.75) is 44.6 Å². The third kappa shape index (κ3) is 6.57. The van der Waals surface area contributed by atoms with E-state index in [4.69, 9.17) is 0 Å². The van der Waals surface area contributed by atoms with Crippen molar-refractivity contribution in [1.82, 2.24) is 24.7 Å². The third-order valence-electron chi connectivity index (χ3n) is 8.40. The molecule has 3 heterocycles. The predicted octanol–water partition coefficient (Wildman–Crippen LogP) is 3.12. The van der Waals surface area contributed by atoms with E-state index in [0.29, 0.717) is 50.4 Å². The first-order valence-corrected chi connectivity index (χ1v) is 14.1. The van der Waals surface area contributed by atoms with E-state index in [1.165, 1.54) is 12.4 Å². The summed E-state index contributed by atoms with van der Waals surface area (Å²) in [5.41, 5.74) is 1.92. The summed E-state index contributed by atoms with van der Waals surface area (Å²) in [6.45, 7) is 10.4. The maximum atomic E-state index is 14.7. The van der Waals surface area contributed by atoms with E-state index < -0.39 is 30.0 Å². The van der Waals surface area contributed by atoms with Crippen molar-refractivity contribution >= 4 is 11.7 Å². The Labute approximate surface area is 236 Å². The first-order valence-electron chi connectivity index (χ1n) is 14.1. The van der Waals surface area contributed by atoms with Gasteiger partial charge in [0.2, 0.25) is 5.91 Å². The lowest BCUT2D eigenvalue weighted by molar-refractivity contribution is -0.275. The molecule has 2 saturated heterocycles. The van der Waals surface area contributed by atoms with Crippen LogP contribution in [0.2, 0.25) is 0 Å². The zero-order chi connectivity index (χ0) is 29.3. The van der Waals surface area contributed by atoms with Gasteiger partial charge < -0.3 is 24.5 Å². The maximum Gasteiger partial charge on any atom is 0.573 e. The second-order valence-electron chi connectivity index (χ2n) is 11.0. The Hall–Kier alpha value is -3.03. The Balaban J connectivity index is 1.32. The Kier molecular flexibility index (Phi) is 8.67. The lowest BCUT2D eigenvalue weighted by Gasteiger charge is -2.40. The highest BCUT2D eigenvalue weighted by Gasteiger charge is 2.37. The average Bonchev–Trinajstić information content (AvgIpc) is 3.25. The van der Waals surface area contributed by atoms with Gasteiger partial charge in [0.25, 0.3) is 0 Å². The Morgan fingerprint density at radius 2 is 1.76 bits per heavy atom. The van der Waals surface area contributed by atoms with E-state index in [-0.39, 0.29) is 11.8 Å². The number of likely N-dealkylation sites (N-methyl/N-ethyl adjacent to an activating group) is 1. The first kappa shape index (κ1) is 29.5. The highest BCUT2D eigenvalue weighted by molar-refractivity contribution is 5.84. The molecule has 13 heteroatoms. The van der Waals surface area contributed by atoms with Crippen molar-refractivity contribution in [2.24, 2.45) is 0 Å². The van der Waals surface area contributed by atoms with E-state index >= 15 is 0 Å². The van der Waals surface area contributed by atoms with Crippen LogP contribution in [0.5, 0.6) is 5.75 Å². The van der Waals surface area contributed by atoms with Gasteiger partial charge >= 0.3 is 6.36 Å². The zero-order valence-electron chi connectivity index (χ0n) is 23.3. The van der Waals surface area contributed by atoms with Crippen LogP contribution in [0.4, 0.5) is 23.4 Å². The number of ether oxygens (including phenoxy) is 1. The molecule has 1 amide bonds. The van der Waals surface area contributed by atoms with Crippen LogP contribution < -0.4 is 9.64 Å². The lowest BCUT2D eigenvalue weighted by Crippen LogP contribution is -2.53. The van der Waals surface area contributed by atoms with E-state index in [1.54, 1.807) is 4.90 Å². The number of fused-ring (bicyclic) bond motifs is 1. The van der Waals surface area contributed by atoms with Gasteiger partial charge in [-0.3, -0.25) is 9.69 Å². The van der Waals surface area contributed by atoms with Crippen LogP contribution in [-0.2, 0) is 4.79 Å². The number of halogens is 4. The molecule has 0 bridgehead atoms. The number of alkyl halides is 3. The van der Waals surface area contributed by atoms with Gasteiger partial charge in [-0.15, -0.1) is 13.2 Å². The Bertz CT molecular complexity index is 1230. The summed E-state index contributed by atoms with van der Waals surface area (Å²) in [5.74, 6) is -2.13. The van der Waals surface area contributed by atoms with Crippen LogP contribution in [0, 0.1) is 5.82 Å². The second kappa shape index (κ2) is 12.1. The van der Waals surface area contributed by atoms with Crippen LogP contribution in [-0.4, -0.2) is 107 Å². The number of hydrogen-bond donors (Lipinski definition) is 1. The Morgan fingerprint density at radius 3 is 2.39 bits per heavy atom. The molecule has 2 fully saturated rings. The van der Waals surface area contributed by atoms with Crippen LogP contribution in [0.25, 0.3) is 0 Å². The van der Waals surface area contributed by atoms with Gasteiger partial charge in [-0.05, 0) is 36.6 Å². The lowest BCUT2D eigenvalue weighted by atomic mass is 9.95. The second-order valence-corrected chi connectivity index (χ2v) is 11.0. The number of aliphatic hydroxyl groups is 1. The Morgan fingerprint density at radius 1 is 1.07 bits per heavy atom. The summed E-state index contributed by atoms with van der Waals surface area (Å²) in [7, 11) is 0. The minimum absolute atomic E-state index is 0.118. The molecule has 224 valence electrons. The number of anilines is 1. The number of piperazine rings is 2. The number of hydrogen-bond acceptors (Lipinski definition) is 8. The number of benzene rings is 1. The minimum Gasteiger partial charge on any atom is -0.403 e. The van der Waals surface area contributed by atoms with Crippen molar-refractivity contribution < 1.29 is 32.2 Å². The summed E-state index contributed by atoms with van der Waals surface area (Å²) in [5, 5.41) is 10.4. The molecule has 0 spiro atoms. The summed E-state index contributed by atoms with van der Waals surface area (Å²) >= 11 is 0. The molecule has 2 aliphatic heterocycles. The van der Waals surface area contributed by atoms with Crippen molar-refractivity contribution in [3.05, 3.63) is 47.2 Å². The maximum absolute atomic E-state index is 14.7. The molecule has 0 unspecified atom stereocenters. The first-order chi connectivity index (χ1) is 19.5. The number of amides is 1. The van der Waals surface area contributed by atoms with Crippen LogP contribution in [0.3, 0.4) is 0 Å². The average molecular weight is 581 g/mol. The fourth-order valence-electron chi connectivity index (χ4n) is 6.13. The molecule has 1 aromatic carbocycles. The van der Waals surface area contributed by atoms with Gasteiger partial charge in [0.1, 0.15) is 12.1 Å². The van der Waals surface area contributed by atoms with Crippen molar-refractivity contribution in [3.8, 4) is 5.75 Å². The molecular formula is C28H36F4N6O3. The smallest absolute Gasteiger partial charge is 0.403 e. The topological polar surface area (TPSA) is 85.3 Å². The summed E-state index contributed by atoms with van der Waals surface area (Å²) < 4.78 is 56.6. The van der Waals surface area contributed by atoms with Gasteiger partial charge in [0.05, 0.1) is 17.7 Å². The van der Waals surface area contributed by atoms with Gasteiger partial charge in [0.15, 0.2) is 11.6 Å². The van der Waals surface area contributed by atoms with E-state index in [2.05, 4.69) is 36.3 Å². The molecule has 0 radical (unpaired) electrons. The van der Waals surface area contributed by atoms with Crippen LogP contribution in [0.1, 0.15) is 55.0 Å². The van der Waals surface area contributed by atoms with Crippen molar-refractivity contribution in [1.29, 1.82) is 0 Å². The SMILES string of the molecule is CCN1CCN(C[C@@H](C(=O)N2CCN(c3ncnc4c3[C@H](C)C[C@H]4O)CC2)c2ccc(OC(F)(F)F)c(F)c2)CC1. The molecule has 3 aliphatic rings. The molecule has 1 N–H and O–H groups in total. The number of rotatable bonds is 7. The van der Waals surface area contributed by atoms with Gasteiger partial charge in [-0.1, -0.05) is 19.9 Å². The molecule has 1 aliphatic carbocycles. The molecule has 2 aromatic rings. The highest BCUT2D eigenvalue weighted by atomic mass is 19.4. The fourth-order valence-corrected chi connectivity index (χ4v) is 6.13. The molecule has 0 saturated carbocycles. The standard InChI is InChI=1S/C28H36F4N6O3/c1-3-35-6-8-36(9-7-35)16-20(19-4-5-23(21(29)15-19)41-28(30,31)32)27(40)38-12-10-37(11-13-38)26-24-18(2)14-22(39)25(24)33-17-34-26/h4-5,15,17-18,20,22,39H,3,6-14,16H2,1-2H3/t18-,20-,22-/m1/s1. The largest absolute Gasteiger partial charge is 0.573 e. The number of carbonyl (C=O) groups is 1. The molecular weight excluding hydrogens is 544 g/mol. The van der Waals surface area contributed by atoms with Crippen LogP contribution >= 0.6 is 0 Å². The number of carbonyl (C=O) groups excluding carboxylic acids is 1. The number of aliphatic hydroxyl groups excluding tert-OH is 1.